The smallest absolute Gasteiger partial charge is 0.407 e. The lowest BCUT2D eigenvalue weighted by atomic mass is 10.0. The maximum atomic E-state index is 15.3. The molecule has 14 heteroatoms. The van der Waals surface area contributed by atoms with Gasteiger partial charge in [0.25, 0.3) is 0 Å². The second-order valence-corrected chi connectivity index (χ2v) is 9.23. The highest BCUT2D eigenvalue weighted by Crippen LogP contribution is 2.37. The highest BCUT2D eigenvalue weighted by atomic mass is 32.2. The van der Waals surface area contributed by atoms with Crippen molar-refractivity contribution < 1.29 is 26.9 Å². The third-order valence-corrected chi connectivity index (χ3v) is 5.46. The van der Waals surface area contributed by atoms with E-state index in [1.165, 1.54) is 24.2 Å². The number of nitrogens with zero attached hydrogens (tertiary/aromatic N) is 4. The highest BCUT2D eigenvalue weighted by Gasteiger charge is 2.25. The van der Waals surface area contributed by atoms with E-state index in [0.29, 0.717) is 17.3 Å². The molecule has 2 heterocycles. The predicted octanol–water partition coefficient (Wildman–Crippen LogP) is 3.87. The Morgan fingerprint density at radius 2 is 1.92 bits per heavy atom. The van der Waals surface area contributed by atoms with E-state index < -0.39 is 40.2 Å². The molecule has 36 heavy (non-hydrogen) atoms. The Kier molecular flexibility index (Phi) is 8.50. The van der Waals surface area contributed by atoms with Crippen molar-refractivity contribution in [3.63, 3.8) is 0 Å². The lowest BCUT2D eigenvalue weighted by Crippen LogP contribution is -2.37. The maximum absolute atomic E-state index is 15.3. The Labute approximate surface area is 208 Å². The van der Waals surface area contributed by atoms with Gasteiger partial charge in [0.1, 0.15) is 22.4 Å². The molecule has 1 unspecified atom stereocenters. The Hall–Kier alpha value is -3.68. The fraction of sp³-hybridized carbons (Fsp3) is 0.364. The standard InChI is InChI=1S/C22H26F3N7O3S/c1-11(2)32-10-14(16-6-7-26-21(29-16)27-9-12(3)28-22(33)35-4)19(30-32)13-8-15(23)18(25)20(17(13)24)31-36(5)34/h6-8,10-12,31H,9H2,1-5H3,(H,28,33)(H,26,27,29)/t12-,36?/m0/s1. The van der Waals surface area contributed by atoms with E-state index in [0.717, 1.165) is 0 Å². The van der Waals surface area contributed by atoms with Crippen LogP contribution in [0.4, 0.5) is 29.6 Å². The molecule has 0 aliphatic carbocycles. The van der Waals surface area contributed by atoms with Crippen LogP contribution in [0, 0.1) is 17.5 Å². The Morgan fingerprint density at radius 3 is 2.56 bits per heavy atom. The van der Waals surface area contributed by atoms with Gasteiger partial charge in [0.05, 0.1) is 12.8 Å². The first kappa shape index (κ1) is 26.9. The predicted molar refractivity (Wildman–Crippen MR) is 130 cm³/mol. The second-order valence-electron chi connectivity index (χ2n) is 8.11. The lowest BCUT2D eigenvalue weighted by Gasteiger charge is -2.14. The van der Waals surface area contributed by atoms with Crippen molar-refractivity contribution in [3.8, 4) is 22.5 Å². The Morgan fingerprint density at radius 1 is 1.19 bits per heavy atom. The molecule has 2 atom stereocenters. The molecule has 0 bridgehead atoms. The number of benzene rings is 1. The first-order valence-electron chi connectivity index (χ1n) is 10.8. The SMILES string of the molecule is COC(=O)N[C@@H](C)CNc1nccc(-c2cn(C(C)C)nc2-c2cc(F)c(F)c(NS(C)=O)c2F)n1. The number of ether oxygens (including phenoxy) is 1. The van der Waals surface area contributed by atoms with E-state index in [2.05, 4.69) is 35.2 Å². The number of rotatable bonds is 9. The first-order valence-corrected chi connectivity index (χ1v) is 12.4. The molecule has 0 aliphatic rings. The van der Waals surface area contributed by atoms with Crippen molar-refractivity contribution in [2.75, 3.05) is 29.9 Å². The van der Waals surface area contributed by atoms with E-state index in [1.807, 2.05) is 13.8 Å². The number of halogens is 3. The first-order chi connectivity index (χ1) is 17.0. The molecule has 2 aromatic heterocycles. The van der Waals surface area contributed by atoms with Gasteiger partial charge in [-0.3, -0.25) is 4.68 Å². The number of carbonyl (C=O) groups is 1. The Balaban J connectivity index is 2.04. The second kappa shape index (κ2) is 11.4. The molecule has 1 aromatic carbocycles. The fourth-order valence-electron chi connectivity index (χ4n) is 3.20. The molecule has 0 saturated carbocycles. The maximum Gasteiger partial charge on any atom is 0.407 e. The molecule has 0 fully saturated rings. The summed E-state index contributed by atoms with van der Waals surface area (Å²) in [7, 11) is -0.595. The molecule has 0 radical (unpaired) electrons. The number of carbonyl (C=O) groups excluding carboxylic acids is 1. The van der Waals surface area contributed by atoms with Crippen molar-refractivity contribution in [1.82, 2.24) is 25.1 Å². The molecule has 0 aliphatic heterocycles. The van der Waals surface area contributed by atoms with Gasteiger partial charge in [-0.05, 0) is 32.9 Å². The highest BCUT2D eigenvalue weighted by molar-refractivity contribution is 7.85. The molecule has 3 N–H and O–H groups in total. The number of aromatic nitrogens is 4. The molecule has 1 amide bonds. The Bertz CT molecular complexity index is 1290. The largest absolute Gasteiger partial charge is 0.453 e. The van der Waals surface area contributed by atoms with E-state index in [9.17, 15) is 17.8 Å². The summed E-state index contributed by atoms with van der Waals surface area (Å²) in [6.45, 7) is 5.72. The normalized spacial score (nSPS) is 12.8. The average molecular weight is 526 g/mol. The quantitative estimate of drug-likeness (QED) is 0.363. The van der Waals surface area contributed by atoms with Crippen LogP contribution in [-0.2, 0) is 15.7 Å². The van der Waals surface area contributed by atoms with Crippen LogP contribution in [0.2, 0.25) is 0 Å². The van der Waals surface area contributed by atoms with E-state index in [-0.39, 0.29) is 35.8 Å². The molecule has 194 valence electrons. The number of hydrogen-bond acceptors (Lipinski definition) is 7. The van der Waals surface area contributed by atoms with Crippen molar-refractivity contribution in [2.45, 2.75) is 32.9 Å². The average Bonchev–Trinajstić information content (AvgIpc) is 3.28. The van der Waals surface area contributed by atoms with Gasteiger partial charge in [0, 0.05) is 48.4 Å². The zero-order valence-corrected chi connectivity index (χ0v) is 21.0. The minimum atomic E-state index is -1.85. The van der Waals surface area contributed by atoms with Crippen LogP contribution in [0.25, 0.3) is 22.5 Å². The molecule has 10 nitrogen and oxygen atoms in total. The minimum Gasteiger partial charge on any atom is -0.453 e. The minimum absolute atomic E-state index is 0.00964. The molecule has 3 aromatic rings. The van der Waals surface area contributed by atoms with Crippen LogP contribution in [0.15, 0.2) is 24.5 Å². The topological polar surface area (TPSA) is 123 Å². The van der Waals surface area contributed by atoms with E-state index >= 15 is 4.39 Å². The lowest BCUT2D eigenvalue weighted by molar-refractivity contribution is 0.168. The van der Waals surface area contributed by atoms with Gasteiger partial charge in [-0.25, -0.2) is 32.1 Å². The summed E-state index contributed by atoms with van der Waals surface area (Å²) in [6.07, 6.45) is 3.66. The molecule has 3 rings (SSSR count). The summed E-state index contributed by atoms with van der Waals surface area (Å²) in [6, 6.07) is 1.81. The van der Waals surface area contributed by atoms with Crippen molar-refractivity contribution in [2.24, 2.45) is 0 Å². The van der Waals surface area contributed by atoms with Crippen LogP contribution >= 0.6 is 0 Å². The van der Waals surface area contributed by atoms with Gasteiger partial charge in [0.2, 0.25) is 5.95 Å². The molecule has 0 spiro atoms. The van der Waals surface area contributed by atoms with Crippen LogP contribution < -0.4 is 15.4 Å². The van der Waals surface area contributed by atoms with Gasteiger partial charge < -0.3 is 20.1 Å². The molecule has 0 saturated heterocycles. The van der Waals surface area contributed by atoms with Crippen LogP contribution in [0.3, 0.4) is 0 Å². The number of anilines is 2. The third-order valence-electron chi connectivity index (χ3n) is 4.97. The summed E-state index contributed by atoms with van der Waals surface area (Å²) < 4.78 is 63.8. The van der Waals surface area contributed by atoms with Crippen molar-refractivity contribution in [3.05, 3.63) is 42.0 Å². The van der Waals surface area contributed by atoms with Crippen molar-refractivity contribution in [1.29, 1.82) is 0 Å². The van der Waals surface area contributed by atoms with Gasteiger partial charge in [-0.15, -0.1) is 0 Å². The van der Waals surface area contributed by atoms with Gasteiger partial charge in [-0.2, -0.15) is 5.10 Å². The van der Waals surface area contributed by atoms with Crippen molar-refractivity contribution >= 4 is 28.7 Å². The zero-order valence-electron chi connectivity index (χ0n) is 20.2. The summed E-state index contributed by atoms with van der Waals surface area (Å²) in [5.41, 5.74) is -0.507. The summed E-state index contributed by atoms with van der Waals surface area (Å²) in [5, 5.41) is 9.98. The zero-order chi connectivity index (χ0) is 26.6. The van der Waals surface area contributed by atoms with Crippen LogP contribution in [0.1, 0.15) is 26.8 Å². The summed E-state index contributed by atoms with van der Waals surface area (Å²) >= 11 is 0. The number of nitrogens with one attached hydrogen (secondary N) is 3. The van der Waals surface area contributed by atoms with Gasteiger partial charge >= 0.3 is 6.09 Å². The monoisotopic (exact) mass is 525 g/mol. The van der Waals surface area contributed by atoms with Crippen LogP contribution in [0.5, 0.6) is 0 Å². The fourth-order valence-corrected chi connectivity index (χ4v) is 3.67. The number of alkyl carbamates (subject to hydrolysis) is 1. The third kappa shape index (κ3) is 6.11. The summed E-state index contributed by atoms with van der Waals surface area (Å²) in [5.74, 6) is -3.75. The van der Waals surface area contributed by atoms with Gasteiger partial charge in [-0.1, -0.05) is 0 Å². The number of methoxy groups -OCH3 is 1. The number of amides is 1. The van der Waals surface area contributed by atoms with E-state index in [1.54, 1.807) is 19.2 Å². The summed E-state index contributed by atoms with van der Waals surface area (Å²) in [4.78, 5) is 19.9. The van der Waals surface area contributed by atoms with Crippen LogP contribution in [-0.4, -0.2) is 56.0 Å². The number of hydrogen-bond donors (Lipinski definition) is 3. The van der Waals surface area contributed by atoms with E-state index in [4.69, 9.17) is 0 Å². The molecular weight excluding hydrogens is 499 g/mol. The van der Waals surface area contributed by atoms with Gasteiger partial charge in [0.15, 0.2) is 17.5 Å². The molecular formula is C22H26F3N7O3S.